The summed E-state index contributed by atoms with van der Waals surface area (Å²) in [5, 5.41) is 4.20. The lowest BCUT2D eigenvalue weighted by Gasteiger charge is -2.18. The molecule has 148 valence electrons. The zero-order valence-corrected chi connectivity index (χ0v) is 16.0. The molecule has 0 unspecified atom stereocenters. The average Bonchev–Trinajstić information content (AvgIpc) is 3.17. The molecule has 0 N–H and O–H groups in total. The van der Waals surface area contributed by atoms with Gasteiger partial charge in [0.05, 0.1) is 28.9 Å². The van der Waals surface area contributed by atoms with Crippen LogP contribution in [0.1, 0.15) is 12.5 Å². The summed E-state index contributed by atoms with van der Waals surface area (Å²) in [5.41, 5.74) is 1.73. The molecule has 0 fully saturated rings. The molecule has 9 heteroatoms. The zero-order valence-electron chi connectivity index (χ0n) is 15.2. The van der Waals surface area contributed by atoms with E-state index in [2.05, 4.69) is 5.10 Å². The SMILES string of the molecule is CCS(=O)(=O)N(C)c1cccc(-c2cnn(-c3ccc(C(F)(F)F)cc3)c2)c1. The van der Waals surface area contributed by atoms with Crippen molar-refractivity contribution in [1.82, 2.24) is 9.78 Å². The van der Waals surface area contributed by atoms with E-state index in [0.717, 1.165) is 17.7 Å². The van der Waals surface area contributed by atoms with Crippen LogP contribution >= 0.6 is 0 Å². The highest BCUT2D eigenvalue weighted by atomic mass is 32.2. The van der Waals surface area contributed by atoms with Gasteiger partial charge in [0.2, 0.25) is 10.0 Å². The first kappa shape index (κ1) is 19.9. The summed E-state index contributed by atoms with van der Waals surface area (Å²) in [4.78, 5) is 0. The molecule has 0 radical (unpaired) electrons. The molecule has 1 aromatic heterocycles. The average molecular weight is 409 g/mol. The van der Waals surface area contributed by atoms with E-state index in [0.29, 0.717) is 16.9 Å². The Morgan fingerprint density at radius 3 is 2.36 bits per heavy atom. The second kappa shape index (κ2) is 7.31. The van der Waals surface area contributed by atoms with Crippen molar-refractivity contribution < 1.29 is 21.6 Å². The number of hydrogen-bond acceptors (Lipinski definition) is 3. The van der Waals surface area contributed by atoms with Crippen LogP contribution in [0.3, 0.4) is 0 Å². The Hall–Kier alpha value is -2.81. The minimum absolute atomic E-state index is 0.0143. The molecule has 0 saturated heterocycles. The smallest absolute Gasteiger partial charge is 0.273 e. The van der Waals surface area contributed by atoms with Gasteiger partial charge >= 0.3 is 6.18 Å². The van der Waals surface area contributed by atoms with Gasteiger partial charge in [-0.1, -0.05) is 12.1 Å². The lowest BCUT2D eigenvalue weighted by atomic mass is 10.1. The molecule has 1 heterocycles. The van der Waals surface area contributed by atoms with E-state index in [1.54, 1.807) is 37.5 Å². The summed E-state index contributed by atoms with van der Waals surface area (Å²) in [6.07, 6.45) is -1.14. The fourth-order valence-corrected chi connectivity index (χ4v) is 3.47. The number of hydrogen-bond donors (Lipinski definition) is 0. The maximum absolute atomic E-state index is 12.7. The highest BCUT2D eigenvalue weighted by Gasteiger charge is 2.30. The van der Waals surface area contributed by atoms with Crippen molar-refractivity contribution in [2.75, 3.05) is 17.1 Å². The summed E-state index contributed by atoms with van der Waals surface area (Å²) < 4.78 is 64.9. The van der Waals surface area contributed by atoms with Crippen molar-refractivity contribution in [2.45, 2.75) is 13.1 Å². The van der Waals surface area contributed by atoms with Crippen LogP contribution in [0.5, 0.6) is 0 Å². The van der Waals surface area contributed by atoms with Gasteiger partial charge in [-0.3, -0.25) is 4.31 Å². The number of alkyl halides is 3. The zero-order chi connectivity index (χ0) is 20.5. The summed E-state index contributed by atoms with van der Waals surface area (Å²) in [6, 6.07) is 11.7. The third-order valence-electron chi connectivity index (χ3n) is 4.37. The van der Waals surface area contributed by atoms with Crippen molar-refractivity contribution in [3.8, 4) is 16.8 Å². The van der Waals surface area contributed by atoms with Gasteiger partial charge in [0.25, 0.3) is 0 Å². The minimum Gasteiger partial charge on any atom is -0.273 e. The van der Waals surface area contributed by atoms with Gasteiger partial charge in [0, 0.05) is 18.8 Å². The first-order valence-electron chi connectivity index (χ1n) is 8.41. The molecule has 3 rings (SSSR count). The summed E-state index contributed by atoms with van der Waals surface area (Å²) in [7, 11) is -1.89. The van der Waals surface area contributed by atoms with E-state index >= 15 is 0 Å². The minimum atomic E-state index is -4.39. The monoisotopic (exact) mass is 409 g/mol. The summed E-state index contributed by atoms with van der Waals surface area (Å²) in [6.45, 7) is 1.57. The van der Waals surface area contributed by atoms with E-state index in [1.807, 2.05) is 6.07 Å². The highest BCUT2D eigenvalue weighted by Crippen LogP contribution is 2.30. The molecule has 0 aliphatic rings. The predicted octanol–water partition coefficient (Wildman–Crippen LogP) is 4.34. The number of halogens is 3. The number of benzene rings is 2. The van der Waals surface area contributed by atoms with E-state index < -0.39 is 21.8 Å². The molecule has 3 aromatic rings. The number of rotatable bonds is 5. The fraction of sp³-hybridized carbons (Fsp3) is 0.211. The van der Waals surface area contributed by atoms with E-state index in [-0.39, 0.29) is 5.75 Å². The molecule has 0 aliphatic carbocycles. The molecular formula is C19H18F3N3O2S. The van der Waals surface area contributed by atoms with Gasteiger partial charge in [-0.15, -0.1) is 0 Å². The Kier molecular flexibility index (Phi) is 5.20. The van der Waals surface area contributed by atoms with Crippen LogP contribution < -0.4 is 4.31 Å². The number of anilines is 1. The molecular weight excluding hydrogens is 391 g/mol. The topological polar surface area (TPSA) is 55.2 Å². The molecule has 2 aromatic carbocycles. The Labute approximate surface area is 161 Å². The lowest BCUT2D eigenvalue weighted by molar-refractivity contribution is -0.137. The third-order valence-corrected chi connectivity index (χ3v) is 6.14. The van der Waals surface area contributed by atoms with Crippen molar-refractivity contribution in [2.24, 2.45) is 0 Å². The van der Waals surface area contributed by atoms with Gasteiger partial charge in [0.1, 0.15) is 0 Å². The Morgan fingerprint density at radius 1 is 1.07 bits per heavy atom. The van der Waals surface area contributed by atoms with Crippen LogP contribution in [0, 0.1) is 0 Å². The summed E-state index contributed by atoms with van der Waals surface area (Å²) >= 11 is 0. The Bertz CT molecular complexity index is 1070. The van der Waals surface area contributed by atoms with Gasteiger partial charge in [-0.25, -0.2) is 13.1 Å². The summed E-state index contributed by atoms with van der Waals surface area (Å²) in [5.74, 6) is -0.0143. The third kappa shape index (κ3) is 4.04. The van der Waals surface area contributed by atoms with E-state index in [4.69, 9.17) is 0 Å². The standard InChI is InChI=1S/C19H18F3N3O2S/c1-3-28(26,27)24(2)18-6-4-5-14(11-18)15-12-23-25(13-15)17-9-7-16(8-10-17)19(20,21)22/h4-13H,3H2,1-2H3. The van der Waals surface area contributed by atoms with Crippen LogP contribution in [0.2, 0.25) is 0 Å². The lowest BCUT2D eigenvalue weighted by Crippen LogP contribution is -2.27. The molecule has 0 bridgehead atoms. The normalized spacial score (nSPS) is 12.2. The van der Waals surface area contributed by atoms with E-state index in [1.165, 1.54) is 28.2 Å². The molecule has 0 amide bonds. The van der Waals surface area contributed by atoms with Crippen molar-refractivity contribution in [3.63, 3.8) is 0 Å². The Morgan fingerprint density at radius 2 is 1.75 bits per heavy atom. The highest BCUT2D eigenvalue weighted by molar-refractivity contribution is 7.92. The van der Waals surface area contributed by atoms with Gasteiger partial charge < -0.3 is 0 Å². The Balaban J connectivity index is 1.89. The second-order valence-corrected chi connectivity index (χ2v) is 8.43. The van der Waals surface area contributed by atoms with E-state index in [9.17, 15) is 21.6 Å². The molecule has 5 nitrogen and oxygen atoms in total. The maximum Gasteiger partial charge on any atom is 0.416 e. The maximum atomic E-state index is 12.7. The molecule has 0 aliphatic heterocycles. The van der Waals surface area contributed by atoms with Crippen LogP contribution in [-0.4, -0.2) is 31.0 Å². The second-order valence-electron chi connectivity index (χ2n) is 6.14. The predicted molar refractivity (Wildman–Crippen MR) is 102 cm³/mol. The van der Waals surface area contributed by atoms with Crippen LogP contribution in [0.15, 0.2) is 60.9 Å². The number of nitrogens with zero attached hydrogens (tertiary/aromatic N) is 3. The van der Waals surface area contributed by atoms with Crippen LogP contribution in [0.4, 0.5) is 18.9 Å². The molecule has 0 saturated carbocycles. The first-order chi connectivity index (χ1) is 13.1. The first-order valence-corrected chi connectivity index (χ1v) is 10.0. The van der Waals surface area contributed by atoms with Crippen molar-refractivity contribution >= 4 is 15.7 Å². The molecule has 0 atom stereocenters. The largest absolute Gasteiger partial charge is 0.416 e. The quantitative estimate of drug-likeness (QED) is 0.630. The van der Waals surface area contributed by atoms with Crippen LogP contribution in [-0.2, 0) is 16.2 Å². The van der Waals surface area contributed by atoms with Crippen LogP contribution in [0.25, 0.3) is 16.8 Å². The van der Waals surface area contributed by atoms with Crippen molar-refractivity contribution in [3.05, 3.63) is 66.5 Å². The van der Waals surface area contributed by atoms with Gasteiger partial charge in [0.15, 0.2) is 0 Å². The van der Waals surface area contributed by atoms with Crippen molar-refractivity contribution in [1.29, 1.82) is 0 Å². The fourth-order valence-electron chi connectivity index (χ4n) is 2.65. The van der Waals surface area contributed by atoms with Gasteiger partial charge in [-0.2, -0.15) is 18.3 Å². The number of sulfonamides is 1. The molecule has 28 heavy (non-hydrogen) atoms. The van der Waals surface area contributed by atoms with Gasteiger partial charge in [-0.05, 0) is 48.9 Å². The molecule has 0 spiro atoms. The number of aromatic nitrogens is 2.